The van der Waals surface area contributed by atoms with Gasteiger partial charge in [-0.2, -0.15) is 0 Å². The normalized spacial score (nSPS) is 9.90. The van der Waals surface area contributed by atoms with Gasteiger partial charge in [0.15, 0.2) is 0 Å². The molecule has 0 aromatic heterocycles. The second-order valence-electron chi connectivity index (χ2n) is 5.12. The summed E-state index contributed by atoms with van der Waals surface area (Å²) in [6.45, 7) is 0. The van der Waals surface area contributed by atoms with E-state index in [1.807, 2.05) is 0 Å². The van der Waals surface area contributed by atoms with Crippen molar-refractivity contribution >= 4 is 75.3 Å². The second kappa shape index (κ2) is 7.98. The molecule has 2 rings (SSSR count). The number of anilines is 2. The Hall–Kier alpha value is 0.170. The molecule has 6 heteroatoms. The van der Waals surface area contributed by atoms with E-state index in [9.17, 15) is 0 Å². The molecule has 2 nitrogen and oxygen atoms in total. The van der Waals surface area contributed by atoms with Crippen molar-refractivity contribution < 1.29 is 0 Å². The average Bonchev–Trinajstić information content (AvgIpc) is 2.53. The summed E-state index contributed by atoms with van der Waals surface area (Å²) in [5.74, 6) is 4.69. The molecule has 0 aliphatic heterocycles. The molecule has 0 saturated heterocycles. The van der Waals surface area contributed by atoms with E-state index in [0.717, 1.165) is 33.0 Å². The summed E-state index contributed by atoms with van der Waals surface area (Å²) in [6.07, 6.45) is 0. The minimum Gasteiger partial charge on any atom is -0.567 e. The lowest BCUT2D eigenvalue weighted by molar-refractivity contribution is 1.52. The van der Waals surface area contributed by atoms with Gasteiger partial charge in [0.25, 0.3) is 0 Å². The van der Waals surface area contributed by atoms with Crippen LogP contribution >= 0.6 is 0 Å². The van der Waals surface area contributed by atoms with Crippen molar-refractivity contribution in [1.82, 2.24) is 0 Å². The highest BCUT2D eigenvalue weighted by molar-refractivity contribution is 6.54. The van der Waals surface area contributed by atoms with Gasteiger partial charge in [0.05, 0.1) is 0 Å². The third-order valence-corrected chi connectivity index (χ3v) is 11.4. The number of nitrogens with zero attached hydrogens (tertiary/aromatic N) is 2. The largest absolute Gasteiger partial charge is 0.567 e. The zero-order valence-electron chi connectivity index (χ0n) is 12.9. The SMILES string of the molecule is [CH3][AlH][N]([AlH2])c1ccc(-c2ccc([N]([AlH2])[AlH][CH3])cc2)cc1. The molecule has 0 spiro atoms. The van der Waals surface area contributed by atoms with E-state index in [4.69, 9.17) is 0 Å². The Kier molecular flexibility index (Phi) is 6.60. The van der Waals surface area contributed by atoms with E-state index in [0.29, 0.717) is 0 Å². The summed E-state index contributed by atoms with van der Waals surface area (Å²) in [6, 6.07) is 18.1. The first kappa shape index (κ1) is 16.5. The number of benzene rings is 2. The van der Waals surface area contributed by atoms with Crippen LogP contribution in [-0.4, -0.2) is 63.9 Å². The van der Waals surface area contributed by atoms with Gasteiger partial charge in [0.2, 0.25) is 0 Å². The lowest BCUT2D eigenvalue weighted by Gasteiger charge is -2.20. The van der Waals surface area contributed by atoms with Gasteiger partial charge in [0, 0.05) is 0 Å². The zero-order chi connectivity index (χ0) is 14.5. The minimum absolute atomic E-state index is 0.0550. The van der Waals surface area contributed by atoms with Gasteiger partial charge in [0.1, 0.15) is 0 Å². The maximum atomic E-state index is 2.53. The van der Waals surface area contributed by atoms with Crippen molar-refractivity contribution in [2.75, 3.05) is 5.73 Å². The van der Waals surface area contributed by atoms with Gasteiger partial charge in [-0.15, -0.1) is 0 Å². The molecule has 0 aliphatic carbocycles. The predicted molar refractivity (Wildman–Crippen MR) is 99.9 cm³/mol. The first-order valence-corrected chi connectivity index (χ1v) is 13.2. The smallest absolute Gasteiger partial charge is 0.359 e. The molecule has 0 N–H and O–H groups in total. The summed E-state index contributed by atoms with van der Waals surface area (Å²) in [7, 11) is 0. The van der Waals surface area contributed by atoms with Crippen LogP contribution in [0.15, 0.2) is 48.5 Å². The van der Waals surface area contributed by atoms with Gasteiger partial charge in [-0.1, -0.05) is 35.8 Å². The molecule has 0 atom stereocenters. The molecule has 0 aliphatic rings. The summed E-state index contributed by atoms with van der Waals surface area (Å²) in [5.41, 5.74) is 5.44. The van der Waals surface area contributed by atoms with Crippen LogP contribution in [0.5, 0.6) is 0 Å². The van der Waals surface area contributed by atoms with Crippen LogP contribution in [0.3, 0.4) is 0 Å². The minimum atomic E-state index is -0.0550. The first-order chi connectivity index (χ1) is 9.65. The molecular formula is C14H20Al4N2. The van der Waals surface area contributed by atoms with Crippen LogP contribution in [0.1, 0.15) is 0 Å². The van der Waals surface area contributed by atoms with E-state index < -0.39 is 0 Å². The molecular weight excluding hydrogens is 304 g/mol. The van der Waals surface area contributed by atoms with Gasteiger partial charge < -0.3 is 5.73 Å². The van der Waals surface area contributed by atoms with Crippen molar-refractivity contribution in [2.24, 2.45) is 0 Å². The summed E-state index contributed by atoms with van der Waals surface area (Å²) < 4.78 is 5.05. The molecule has 0 radical (unpaired) electrons. The van der Waals surface area contributed by atoms with Crippen molar-refractivity contribution in [3.05, 3.63) is 48.5 Å². The van der Waals surface area contributed by atoms with Crippen molar-refractivity contribution in [2.45, 2.75) is 11.6 Å². The van der Waals surface area contributed by atoms with E-state index in [1.54, 1.807) is 0 Å². The molecule has 0 bridgehead atoms. The lowest BCUT2D eigenvalue weighted by atomic mass is 10.1. The van der Waals surface area contributed by atoms with Gasteiger partial charge >= 0.3 is 63.9 Å². The van der Waals surface area contributed by atoms with Crippen molar-refractivity contribution in [3.8, 4) is 11.1 Å². The number of rotatable bonds is 5. The Balaban J connectivity index is 2.19. The Bertz CT molecular complexity index is 491. The Morgan fingerprint density at radius 3 is 1.20 bits per heavy atom. The highest BCUT2D eigenvalue weighted by Gasteiger charge is 2.02. The van der Waals surface area contributed by atoms with Gasteiger partial charge in [-0.05, 0) is 46.8 Å². The molecule has 20 heavy (non-hydrogen) atoms. The van der Waals surface area contributed by atoms with E-state index in [2.05, 4.69) is 65.8 Å². The van der Waals surface area contributed by atoms with Gasteiger partial charge in [-0.3, -0.25) is 0 Å². The van der Waals surface area contributed by atoms with Crippen LogP contribution < -0.4 is 5.73 Å². The van der Waals surface area contributed by atoms with E-state index >= 15 is 0 Å². The Morgan fingerprint density at radius 2 is 0.950 bits per heavy atom. The van der Waals surface area contributed by atoms with E-state index in [1.165, 1.54) is 22.5 Å². The van der Waals surface area contributed by atoms with Crippen LogP contribution in [0, 0.1) is 0 Å². The van der Waals surface area contributed by atoms with Crippen LogP contribution in [0.4, 0.5) is 11.4 Å². The monoisotopic (exact) mass is 324 g/mol. The highest BCUT2D eigenvalue weighted by atomic mass is 27.2. The van der Waals surface area contributed by atoms with Crippen LogP contribution in [0.2, 0.25) is 11.6 Å². The summed E-state index contributed by atoms with van der Waals surface area (Å²) in [4.78, 5) is 0. The topological polar surface area (TPSA) is 6.48 Å². The van der Waals surface area contributed by atoms with Crippen LogP contribution in [-0.2, 0) is 0 Å². The molecule has 0 amide bonds. The third kappa shape index (κ3) is 4.09. The molecule has 2 aromatic rings. The number of hydrogen-bond acceptors (Lipinski definition) is 2. The first-order valence-electron chi connectivity index (χ1n) is 7.28. The zero-order valence-corrected chi connectivity index (χ0v) is 19.8. The molecule has 0 unspecified atom stereocenters. The Labute approximate surface area is 151 Å². The molecule has 0 fully saturated rings. The predicted octanol–water partition coefficient (Wildman–Crippen LogP) is 0.862. The molecule has 2 aromatic carbocycles. The Morgan fingerprint density at radius 1 is 0.650 bits per heavy atom. The lowest BCUT2D eigenvalue weighted by Crippen LogP contribution is -2.21. The van der Waals surface area contributed by atoms with Gasteiger partial charge in [-0.25, -0.2) is 0 Å². The molecule has 0 saturated carbocycles. The fourth-order valence-corrected chi connectivity index (χ4v) is 3.93. The number of hydrogen-bond donors (Lipinski definition) is 0. The summed E-state index contributed by atoms with van der Waals surface area (Å²) in [5, 5.41) is 0. The van der Waals surface area contributed by atoms with Crippen molar-refractivity contribution in [3.63, 3.8) is 0 Å². The van der Waals surface area contributed by atoms with E-state index in [-0.39, 0.29) is 30.9 Å². The standard InChI is InChI=1S/C12H8N2.2CH3.4Al.6H/c13-11-5-1-9(2-6-11)10-3-7-12(14)8-4-10;;;;;;;;;;;;/h1-8H;2*1H3;;;;;;;;;;. The fourth-order valence-electron chi connectivity index (χ4n) is 2.18. The van der Waals surface area contributed by atoms with Crippen molar-refractivity contribution in [1.29, 1.82) is 0 Å². The van der Waals surface area contributed by atoms with Crippen LogP contribution in [0.25, 0.3) is 11.1 Å². The third-order valence-electron chi connectivity index (χ3n) is 3.90. The maximum Gasteiger partial charge on any atom is 0.359 e. The second-order valence-corrected chi connectivity index (χ2v) is 13.0. The maximum absolute atomic E-state index is 2.53. The molecule has 98 valence electrons. The quantitative estimate of drug-likeness (QED) is 0.753. The highest BCUT2D eigenvalue weighted by Crippen LogP contribution is 2.24. The summed E-state index contributed by atoms with van der Waals surface area (Å²) >= 11 is 2.17. The average molecular weight is 324 g/mol. The fraction of sp³-hybridized carbons (Fsp3) is 0.143. The molecule has 0 heterocycles.